The molecule has 0 unspecified atom stereocenters. The van der Waals surface area contributed by atoms with Crippen LogP contribution in [-0.4, -0.2) is 65.1 Å². The fraction of sp³-hybridized carbons (Fsp3) is 0.438. The third kappa shape index (κ3) is 4.37. The Morgan fingerprint density at radius 2 is 2.00 bits per heavy atom. The van der Waals surface area contributed by atoms with Gasteiger partial charge in [-0.2, -0.15) is 0 Å². The highest BCUT2D eigenvalue weighted by Gasteiger charge is 2.12. The fourth-order valence-electron chi connectivity index (χ4n) is 2.60. The number of aromatic nitrogens is 3. The van der Waals surface area contributed by atoms with Gasteiger partial charge in [-0.05, 0) is 25.1 Å². The average molecular weight is 314 g/mol. The minimum Gasteiger partial charge on any atom is -0.351 e. The normalized spacial score (nSPS) is 15.5. The summed E-state index contributed by atoms with van der Waals surface area (Å²) in [5.41, 5.74) is 1.23. The van der Waals surface area contributed by atoms with Gasteiger partial charge < -0.3 is 15.5 Å². The van der Waals surface area contributed by atoms with E-state index in [4.69, 9.17) is 0 Å². The minimum absolute atomic E-state index is 0.174. The van der Waals surface area contributed by atoms with E-state index in [0.717, 1.165) is 44.8 Å². The van der Waals surface area contributed by atoms with E-state index in [0.29, 0.717) is 12.2 Å². The highest BCUT2D eigenvalue weighted by Crippen LogP contribution is 2.05. The summed E-state index contributed by atoms with van der Waals surface area (Å²) in [6, 6.07) is 9.62. The number of carbonyl (C=O) groups excluding carboxylic acids is 1. The minimum atomic E-state index is -0.174. The molecule has 2 aromatic rings. The van der Waals surface area contributed by atoms with E-state index < -0.39 is 0 Å². The van der Waals surface area contributed by atoms with Crippen LogP contribution in [0.25, 0.3) is 5.69 Å². The summed E-state index contributed by atoms with van der Waals surface area (Å²) < 4.78 is 1.61. The molecule has 1 saturated heterocycles. The van der Waals surface area contributed by atoms with Gasteiger partial charge in [-0.25, -0.2) is 4.68 Å². The molecule has 0 atom stereocenters. The van der Waals surface area contributed by atoms with E-state index in [1.165, 1.54) is 0 Å². The molecule has 0 radical (unpaired) electrons. The lowest BCUT2D eigenvalue weighted by molar-refractivity contribution is 0.0946. The zero-order valence-corrected chi connectivity index (χ0v) is 13.1. The van der Waals surface area contributed by atoms with Crippen LogP contribution < -0.4 is 10.6 Å². The van der Waals surface area contributed by atoms with Crippen molar-refractivity contribution in [2.24, 2.45) is 0 Å². The quantitative estimate of drug-likeness (QED) is 0.750. The number of piperazine rings is 1. The second-order valence-corrected chi connectivity index (χ2v) is 5.58. The van der Waals surface area contributed by atoms with Gasteiger partial charge in [0.25, 0.3) is 5.91 Å². The van der Waals surface area contributed by atoms with Crippen LogP contribution in [0.15, 0.2) is 36.5 Å². The number of rotatable bonds is 6. The summed E-state index contributed by atoms with van der Waals surface area (Å²) in [5, 5.41) is 14.2. The Labute approximate surface area is 135 Å². The Kier molecular flexibility index (Phi) is 5.33. The summed E-state index contributed by atoms with van der Waals surface area (Å²) in [4.78, 5) is 14.5. The summed E-state index contributed by atoms with van der Waals surface area (Å²) in [6.45, 7) is 5.93. The second-order valence-electron chi connectivity index (χ2n) is 5.58. The molecule has 122 valence electrons. The number of benzene rings is 1. The van der Waals surface area contributed by atoms with Crippen LogP contribution in [0.3, 0.4) is 0 Å². The maximum absolute atomic E-state index is 12.1. The molecule has 1 amide bonds. The van der Waals surface area contributed by atoms with Crippen LogP contribution in [-0.2, 0) is 0 Å². The summed E-state index contributed by atoms with van der Waals surface area (Å²) >= 11 is 0. The Bertz CT molecular complexity index is 621. The molecule has 0 bridgehead atoms. The predicted octanol–water partition coefficient (Wildman–Crippen LogP) is 0.292. The monoisotopic (exact) mass is 314 g/mol. The van der Waals surface area contributed by atoms with E-state index >= 15 is 0 Å². The smallest absolute Gasteiger partial charge is 0.273 e. The van der Waals surface area contributed by atoms with Gasteiger partial charge in [0.1, 0.15) is 0 Å². The standard InChI is InChI=1S/C16H22N6O/c23-16(18-7-4-10-21-11-8-17-9-12-21)15-13-22(20-19-15)14-5-2-1-3-6-14/h1-3,5-6,13,17H,4,7-12H2,(H,18,23). The first-order valence-corrected chi connectivity index (χ1v) is 8.02. The van der Waals surface area contributed by atoms with E-state index in [1.807, 2.05) is 30.3 Å². The van der Waals surface area contributed by atoms with Crippen molar-refractivity contribution in [1.29, 1.82) is 0 Å². The lowest BCUT2D eigenvalue weighted by atomic mass is 10.3. The predicted molar refractivity (Wildman–Crippen MR) is 87.6 cm³/mol. The Morgan fingerprint density at radius 3 is 2.78 bits per heavy atom. The molecule has 2 N–H and O–H groups in total. The molecule has 7 nitrogen and oxygen atoms in total. The molecule has 7 heteroatoms. The molecule has 2 heterocycles. The summed E-state index contributed by atoms with van der Waals surface area (Å²) in [5.74, 6) is -0.174. The molecule has 0 spiro atoms. The zero-order valence-electron chi connectivity index (χ0n) is 13.1. The van der Waals surface area contributed by atoms with Crippen molar-refractivity contribution < 1.29 is 4.79 Å². The number of nitrogens with zero attached hydrogens (tertiary/aromatic N) is 4. The number of para-hydroxylation sites is 1. The van der Waals surface area contributed by atoms with Gasteiger partial charge in [-0.3, -0.25) is 4.79 Å². The molecule has 1 aliphatic heterocycles. The van der Waals surface area contributed by atoms with Gasteiger partial charge >= 0.3 is 0 Å². The maximum atomic E-state index is 12.1. The molecule has 0 saturated carbocycles. The molecule has 23 heavy (non-hydrogen) atoms. The third-order valence-electron chi connectivity index (χ3n) is 3.89. The number of nitrogens with one attached hydrogen (secondary N) is 2. The first-order chi connectivity index (χ1) is 11.3. The van der Waals surface area contributed by atoms with Crippen LogP contribution >= 0.6 is 0 Å². The number of hydrogen-bond acceptors (Lipinski definition) is 5. The molecule has 3 rings (SSSR count). The van der Waals surface area contributed by atoms with E-state index in [2.05, 4.69) is 25.8 Å². The van der Waals surface area contributed by atoms with Crippen LogP contribution in [0.2, 0.25) is 0 Å². The Morgan fingerprint density at radius 1 is 1.22 bits per heavy atom. The molecular formula is C16H22N6O. The van der Waals surface area contributed by atoms with Crippen LogP contribution in [0.1, 0.15) is 16.9 Å². The number of amides is 1. The fourth-order valence-corrected chi connectivity index (χ4v) is 2.60. The topological polar surface area (TPSA) is 75.1 Å². The summed E-state index contributed by atoms with van der Waals surface area (Å²) in [6.07, 6.45) is 2.60. The largest absolute Gasteiger partial charge is 0.351 e. The zero-order chi connectivity index (χ0) is 15.9. The molecule has 1 aliphatic rings. The SMILES string of the molecule is O=C(NCCCN1CCNCC1)c1cn(-c2ccccc2)nn1. The second kappa shape index (κ2) is 7.85. The molecular weight excluding hydrogens is 292 g/mol. The van der Waals surface area contributed by atoms with Crippen LogP contribution in [0, 0.1) is 0 Å². The highest BCUT2D eigenvalue weighted by atomic mass is 16.2. The van der Waals surface area contributed by atoms with Crippen molar-refractivity contribution in [2.45, 2.75) is 6.42 Å². The Balaban J connectivity index is 1.44. The third-order valence-corrected chi connectivity index (χ3v) is 3.89. The van der Waals surface area contributed by atoms with Gasteiger partial charge in [0.15, 0.2) is 5.69 Å². The van der Waals surface area contributed by atoms with Gasteiger partial charge in [0, 0.05) is 32.7 Å². The van der Waals surface area contributed by atoms with Crippen molar-refractivity contribution in [2.75, 3.05) is 39.3 Å². The van der Waals surface area contributed by atoms with Crippen molar-refractivity contribution in [3.63, 3.8) is 0 Å². The van der Waals surface area contributed by atoms with Crippen LogP contribution in [0.4, 0.5) is 0 Å². The number of hydrogen-bond donors (Lipinski definition) is 2. The van der Waals surface area contributed by atoms with Crippen LogP contribution in [0.5, 0.6) is 0 Å². The van der Waals surface area contributed by atoms with Gasteiger partial charge in [0.05, 0.1) is 11.9 Å². The Hall–Kier alpha value is -2.25. The number of carbonyl (C=O) groups is 1. The summed E-state index contributed by atoms with van der Waals surface area (Å²) in [7, 11) is 0. The van der Waals surface area contributed by atoms with Gasteiger partial charge in [0.2, 0.25) is 0 Å². The lowest BCUT2D eigenvalue weighted by Crippen LogP contribution is -2.44. The molecule has 1 fully saturated rings. The van der Waals surface area contributed by atoms with E-state index in [1.54, 1.807) is 10.9 Å². The maximum Gasteiger partial charge on any atom is 0.273 e. The van der Waals surface area contributed by atoms with E-state index in [-0.39, 0.29) is 5.91 Å². The van der Waals surface area contributed by atoms with Crippen molar-refractivity contribution >= 4 is 5.91 Å². The molecule has 1 aromatic heterocycles. The average Bonchev–Trinajstić information content (AvgIpc) is 3.10. The lowest BCUT2D eigenvalue weighted by Gasteiger charge is -2.26. The van der Waals surface area contributed by atoms with Crippen molar-refractivity contribution in [3.8, 4) is 5.69 Å². The first-order valence-electron chi connectivity index (χ1n) is 8.02. The molecule has 0 aliphatic carbocycles. The first kappa shape index (κ1) is 15.6. The van der Waals surface area contributed by atoms with Crippen molar-refractivity contribution in [3.05, 3.63) is 42.2 Å². The highest BCUT2D eigenvalue weighted by molar-refractivity contribution is 5.91. The van der Waals surface area contributed by atoms with E-state index in [9.17, 15) is 4.79 Å². The van der Waals surface area contributed by atoms with Gasteiger partial charge in [-0.15, -0.1) is 5.10 Å². The van der Waals surface area contributed by atoms with Crippen molar-refractivity contribution in [1.82, 2.24) is 30.5 Å². The van der Waals surface area contributed by atoms with Gasteiger partial charge in [-0.1, -0.05) is 23.4 Å². The molecule has 1 aromatic carbocycles.